The molecule has 9 aliphatic rings. The number of dihydropyridines is 1. The van der Waals surface area contributed by atoms with Crippen molar-refractivity contribution in [2.45, 2.75) is 171 Å². The number of benzene rings is 2. The zero-order chi connectivity index (χ0) is 63.1. The molecule has 5 aliphatic heterocycles. The van der Waals surface area contributed by atoms with Crippen LogP contribution < -0.4 is 41.8 Å². The van der Waals surface area contributed by atoms with Crippen LogP contribution in [-0.4, -0.2) is 116 Å². The number of nitrogens with zero attached hydrogens (tertiary/aromatic N) is 3. The van der Waals surface area contributed by atoms with Gasteiger partial charge >= 0.3 is 5.97 Å². The maximum Gasteiger partial charge on any atom is 0.302 e. The summed E-state index contributed by atoms with van der Waals surface area (Å²) in [6, 6.07) is 14.7. The molecule has 14 rings (SSSR count). The number of aliphatic hydroxyl groups excluding tert-OH is 1. The lowest BCUT2D eigenvalue weighted by Gasteiger charge is -2.57. The number of carbonyl (C=O) groups excluding carboxylic acids is 1. The number of aromatic amines is 1. The largest absolute Gasteiger partial charge is 0.504 e. The van der Waals surface area contributed by atoms with Gasteiger partial charge in [0.25, 0.3) is 0 Å². The fourth-order valence-corrected chi connectivity index (χ4v) is 18.0. The minimum atomic E-state index is -1.07. The summed E-state index contributed by atoms with van der Waals surface area (Å²) in [5.41, 5.74) is 9.04. The summed E-state index contributed by atoms with van der Waals surface area (Å²) in [6.07, 6.45) is 22.5. The molecule has 19 heteroatoms. The standard InChI is InChI=1S/C73H90N10O9/c1-3-75-40-52-13-7-25-71(52,37-47-22-29-78-64(74)33-47)43-79-70-81-68(83-41-49-23-30-77-56(49)42-83)65-69(88)80-55-14-5-4-11-48(55)12-6-26-72-38-46-16-21-57(85)62(32-46)91-59-15-8-27-73(65,82-70)54(59)20-18-51(72)17-19-53-61(90-44(2)84)36-60(92-67(53)72)50-34-58(86)66(87)63(35-50)89-31-24-45-10-9-28-76-39-45/h9-10,16,21-23,28,30,32-35,39,41-42,48,51-55,59-61,65,67-69,75,77-78,80,85-88H,3-5,7-8,11,13-15,17,19,24-27,29,31,36-38,40,43,74H2,1-2H3,(H2,79,81,82). The highest BCUT2D eigenvalue weighted by Crippen LogP contribution is 2.58. The van der Waals surface area contributed by atoms with Crippen molar-refractivity contribution in [2.75, 3.05) is 32.8 Å². The number of carbonyl (C=O) groups is 1. The zero-order valence-electron chi connectivity index (χ0n) is 53.0. The van der Waals surface area contributed by atoms with E-state index >= 15 is 0 Å². The van der Waals surface area contributed by atoms with Crippen molar-refractivity contribution in [2.24, 2.45) is 57.1 Å². The van der Waals surface area contributed by atoms with Crippen molar-refractivity contribution in [1.29, 1.82) is 0 Å². The van der Waals surface area contributed by atoms with Crippen LogP contribution in [-0.2, 0) is 27.1 Å². The topological polar surface area (TPSA) is 267 Å². The molecule has 2 aromatic carbocycles. The minimum absolute atomic E-state index is 0.0104. The Morgan fingerprint density at radius 3 is 2.73 bits per heavy atom. The van der Waals surface area contributed by atoms with Crippen LogP contribution >= 0.6 is 0 Å². The number of guanidine groups is 1. The lowest BCUT2D eigenvalue weighted by atomic mass is 9.55. The monoisotopic (exact) mass is 1250 g/mol. The van der Waals surface area contributed by atoms with Gasteiger partial charge in [0.15, 0.2) is 29.0 Å². The third-order valence-corrected chi connectivity index (χ3v) is 22.4. The first-order chi connectivity index (χ1) is 44.8. The normalized spacial score (nSPS) is 34.3. The number of aromatic hydroxyl groups is 3. The lowest BCUT2D eigenvalue weighted by molar-refractivity contribution is -0.219. The van der Waals surface area contributed by atoms with Crippen molar-refractivity contribution in [1.82, 2.24) is 41.1 Å². The van der Waals surface area contributed by atoms with Crippen LogP contribution in [0.25, 0.3) is 10.9 Å². The number of phenols is 3. The Morgan fingerprint density at radius 1 is 0.989 bits per heavy atom. The first-order valence-corrected chi connectivity index (χ1v) is 33.9. The molecule has 6 fully saturated rings. The number of aromatic nitrogens is 3. The predicted octanol–water partition coefficient (Wildman–Crippen LogP) is 8.78. The molecule has 4 aliphatic carbocycles. The fraction of sp³-hybridized carbons (Fsp3) is 0.548. The molecule has 16 unspecified atom stereocenters. The molecule has 8 heterocycles. The lowest BCUT2D eigenvalue weighted by Crippen LogP contribution is -2.75. The van der Waals surface area contributed by atoms with E-state index in [-0.39, 0.29) is 58.8 Å². The number of hydrogen-bond donors (Lipinski definition) is 11. The molecule has 5 aromatic rings. The molecular formula is C73H90N10O9. The van der Waals surface area contributed by atoms with E-state index in [0.29, 0.717) is 93.5 Å². The van der Waals surface area contributed by atoms with Gasteiger partial charge < -0.3 is 75.9 Å². The van der Waals surface area contributed by atoms with Crippen molar-refractivity contribution in [3.8, 4) is 52.4 Å². The summed E-state index contributed by atoms with van der Waals surface area (Å²) in [5, 5.41) is 68.6. The van der Waals surface area contributed by atoms with Crippen molar-refractivity contribution < 1.29 is 44.2 Å². The van der Waals surface area contributed by atoms with Gasteiger partial charge in [0, 0.05) is 105 Å². The number of pyridine rings is 1. The highest BCUT2D eigenvalue weighted by Gasteiger charge is 2.62. The summed E-state index contributed by atoms with van der Waals surface area (Å²) >= 11 is 0. The van der Waals surface area contributed by atoms with E-state index in [4.69, 9.17) is 29.7 Å². The molecule has 19 nitrogen and oxygen atoms in total. The van der Waals surface area contributed by atoms with Crippen molar-refractivity contribution in [3.05, 3.63) is 120 Å². The van der Waals surface area contributed by atoms with Crippen LogP contribution in [0, 0.1) is 70.0 Å². The second-order valence-electron chi connectivity index (χ2n) is 27.9. The Morgan fingerprint density at radius 2 is 1.88 bits per heavy atom. The quantitative estimate of drug-likeness (QED) is 0.0282. The predicted molar refractivity (Wildman–Crippen MR) is 350 cm³/mol. The van der Waals surface area contributed by atoms with Gasteiger partial charge in [-0.25, -0.2) is 0 Å². The molecule has 16 atom stereocenters. The van der Waals surface area contributed by atoms with Gasteiger partial charge in [-0.05, 0) is 160 Å². The summed E-state index contributed by atoms with van der Waals surface area (Å²) in [4.78, 5) is 26.9. The summed E-state index contributed by atoms with van der Waals surface area (Å²) in [5.74, 6) is 14.9. The van der Waals surface area contributed by atoms with Gasteiger partial charge in [0.2, 0.25) is 5.75 Å². The van der Waals surface area contributed by atoms with Crippen LogP contribution in [0.2, 0.25) is 0 Å². The smallest absolute Gasteiger partial charge is 0.302 e. The maximum absolute atomic E-state index is 13.7. The summed E-state index contributed by atoms with van der Waals surface area (Å²) < 4.78 is 29.9. The number of fused-ring (bicyclic) bond motifs is 5. The molecule has 92 heavy (non-hydrogen) atoms. The molecule has 0 radical (unpaired) electrons. The summed E-state index contributed by atoms with van der Waals surface area (Å²) in [6.45, 7) is 6.82. The number of nitrogens with one attached hydrogen (secondary N) is 6. The molecule has 4 bridgehead atoms. The van der Waals surface area contributed by atoms with Crippen molar-refractivity contribution in [3.63, 3.8) is 0 Å². The van der Waals surface area contributed by atoms with Gasteiger partial charge in [0.05, 0.1) is 47.5 Å². The molecule has 0 amide bonds. The van der Waals surface area contributed by atoms with E-state index in [0.717, 1.165) is 92.9 Å². The third-order valence-electron chi connectivity index (χ3n) is 22.4. The third kappa shape index (κ3) is 12.0. The molecule has 4 saturated carbocycles. The number of nitrogens with two attached hydrogens (primary N) is 1. The molecule has 12 N–H and O–H groups in total. The maximum atomic E-state index is 13.7. The van der Waals surface area contributed by atoms with E-state index < -0.39 is 65.6 Å². The van der Waals surface area contributed by atoms with E-state index in [1.165, 1.54) is 18.6 Å². The first-order valence-electron chi connectivity index (χ1n) is 33.9. The van der Waals surface area contributed by atoms with E-state index in [9.17, 15) is 25.2 Å². The second-order valence-corrected chi connectivity index (χ2v) is 27.9. The molecule has 3 aromatic heterocycles. The van der Waals surface area contributed by atoms with Gasteiger partial charge in [-0.15, -0.1) is 5.92 Å². The average Bonchev–Trinajstić information content (AvgIpc) is 1.00. The van der Waals surface area contributed by atoms with E-state index in [1.807, 2.05) is 30.5 Å². The average molecular weight is 1250 g/mol. The number of phenolic OH excluding ortho intramolecular Hbond substituents is 3. The minimum Gasteiger partial charge on any atom is -0.504 e. The number of aliphatic hydroxyl groups is 1. The number of hydrogen-bond acceptors (Lipinski definition) is 15. The van der Waals surface area contributed by atoms with Gasteiger partial charge in [-0.2, -0.15) is 0 Å². The van der Waals surface area contributed by atoms with Crippen LogP contribution in [0.5, 0.6) is 28.7 Å². The van der Waals surface area contributed by atoms with Crippen molar-refractivity contribution >= 4 is 22.8 Å². The Bertz CT molecular complexity index is 3720. The Labute approximate surface area is 539 Å². The molecular weight excluding hydrogens is 1160 g/mol. The number of aliphatic imine (C=N–C) groups is 1. The first kappa shape index (κ1) is 61.7. The molecule has 1 spiro atoms. The highest BCUT2D eigenvalue weighted by atomic mass is 16.6. The Balaban J connectivity index is 0.928. The Kier molecular flexibility index (Phi) is 17.4. The molecule has 2 saturated heterocycles. The zero-order valence-corrected chi connectivity index (χ0v) is 53.0. The van der Waals surface area contributed by atoms with Gasteiger partial charge in [-0.3, -0.25) is 20.1 Å². The number of allylic oxidation sites excluding steroid dienone is 2. The number of ether oxygens (including phenoxy) is 4. The fourth-order valence-electron chi connectivity index (χ4n) is 18.0. The van der Waals surface area contributed by atoms with E-state index in [2.05, 4.69) is 102 Å². The number of esters is 1. The Hall–Kier alpha value is -7.81. The second kappa shape index (κ2) is 25.9. The number of rotatable bonds is 14. The van der Waals surface area contributed by atoms with Gasteiger partial charge in [-0.1, -0.05) is 62.2 Å². The SMILES string of the molecule is CCNCC1CCCC1(CN=C1NC(n2cc3cc[nH]c3c2)C2C(O)NC3CCCCC3C#CCC34Cc5ccc(O)c(c5)OC5CCCC2(N1)C5C#CC3CCC1C(OC(C)=O)CC(c2cc(O)c(O)c(OCCc3cccnc3)c2)OC14)CC1=CCNC(N)=C1. The van der Waals surface area contributed by atoms with Crippen LogP contribution in [0.4, 0.5) is 0 Å². The van der Waals surface area contributed by atoms with Gasteiger partial charge in [0.1, 0.15) is 24.6 Å². The highest BCUT2D eigenvalue weighted by molar-refractivity contribution is 5.83. The van der Waals surface area contributed by atoms with Crippen LogP contribution in [0.15, 0.2) is 108 Å². The number of H-pyrrole nitrogens is 1. The van der Waals surface area contributed by atoms with Crippen LogP contribution in [0.3, 0.4) is 0 Å². The van der Waals surface area contributed by atoms with Crippen LogP contribution in [0.1, 0.15) is 139 Å². The van der Waals surface area contributed by atoms with E-state index in [1.54, 1.807) is 24.5 Å². The molecule has 486 valence electrons. The summed E-state index contributed by atoms with van der Waals surface area (Å²) in [7, 11) is 0.